The number of ether oxygens (including phenoxy) is 1. The SMILES string of the molecule is Cc1ccc(C(=O)OCCC[NH+]2CCCCC2C)cc1.[Cl-]. The molecule has 4 heteroatoms. The van der Waals surface area contributed by atoms with Crippen molar-refractivity contribution in [1.29, 1.82) is 0 Å². The molecule has 0 bridgehead atoms. The van der Waals surface area contributed by atoms with E-state index in [1.54, 1.807) is 4.90 Å². The maximum Gasteiger partial charge on any atom is 0.338 e. The Morgan fingerprint density at radius 3 is 2.67 bits per heavy atom. The topological polar surface area (TPSA) is 30.7 Å². The van der Waals surface area contributed by atoms with Crippen molar-refractivity contribution in [3.05, 3.63) is 35.4 Å². The van der Waals surface area contributed by atoms with Crippen LogP contribution < -0.4 is 17.3 Å². The summed E-state index contributed by atoms with van der Waals surface area (Å²) in [5.41, 5.74) is 1.80. The van der Waals surface area contributed by atoms with Crippen molar-refractivity contribution in [2.45, 2.75) is 45.6 Å². The first-order chi connectivity index (χ1) is 9.66. The molecule has 21 heavy (non-hydrogen) atoms. The zero-order valence-corrected chi connectivity index (χ0v) is 13.8. The molecule has 1 aromatic carbocycles. The van der Waals surface area contributed by atoms with Crippen molar-refractivity contribution >= 4 is 5.97 Å². The van der Waals surface area contributed by atoms with Gasteiger partial charge in [0.1, 0.15) is 0 Å². The number of likely N-dealkylation sites (tertiary alicyclic amines) is 1. The Morgan fingerprint density at radius 2 is 2.00 bits per heavy atom. The number of rotatable bonds is 5. The van der Waals surface area contributed by atoms with Crippen molar-refractivity contribution < 1.29 is 26.8 Å². The fourth-order valence-electron chi connectivity index (χ4n) is 2.86. The number of esters is 1. The van der Waals surface area contributed by atoms with Crippen LogP contribution in [0.2, 0.25) is 0 Å². The lowest BCUT2D eigenvalue weighted by Gasteiger charge is -2.30. The van der Waals surface area contributed by atoms with E-state index in [0.717, 1.165) is 24.6 Å². The largest absolute Gasteiger partial charge is 1.00 e. The zero-order chi connectivity index (χ0) is 14.4. The fourth-order valence-corrected chi connectivity index (χ4v) is 2.86. The van der Waals surface area contributed by atoms with Crippen LogP contribution in [0.3, 0.4) is 0 Å². The summed E-state index contributed by atoms with van der Waals surface area (Å²) in [6.07, 6.45) is 4.99. The third-order valence-electron chi connectivity index (χ3n) is 4.24. The molecule has 1 saturated heterocycles. The third kappa shape index (κ3) is 5.68. The number of benzene rings is 1. The molecule has 2 unspecified atom stereocenters. The number of halogens is 1. The molecule has 1 aliphatic rings. The first kappa shape index (κ1) is 18.0. The Hall–Kier alpha value is -1.06. The highest BCUT2D eigenvalue weighted by molar-refractivity contribution is 5.89. The quantitative estimate of drug-likeness (QED) is 0.559. The number of nitrogens with one attached hydrogen (secondary N) is 1. The van der Waals surface area contributed by atoms with Crippen molar-refractivity contribution in [3.63, 3.8) is 0 Å². The van der Waals surface area contributed by atoms with Crippen LogP contribution in [0.25, 0.3) is 0 Å². The lowest BCUT2D eigenvalue weighted by atomic mass is 10.0. The minimum Gasteiger partial charge on any atom is -1.00 e. The molecule has 1 aliphatic heterocycles. The molecule has 1 N–H and O–H groups in total. The van der Waals surface area contributed by atoms with E-state index in [-0.39, 0.29) is 18.4 Å². The van der Waals surface area contributed by atoms with Crippen LogP contribution in [0.1, 0.15) is 48.5 Å². The zero-order valence-electron chi connectivity index (χ0n) is 13.0. The normalized spacial score (nSPS) is 21.4. The van der Waals surface area contributed by atoms with Gasteiger partial charge in [0.25, 0.3) is 0 Å². The molecule has 3 nitrogen and oxygen atoms in total. The second kappa shape index (κ2) is 9.06. The average Bonchev–Trinajstić information content (AvgIpc) is 2.46. The highest BCUT2D eigenvalue weighted by Gasteiger charge is 2.21. The molecular formula is C17H26ClNO2. The molecular weight excluding hydrogens is 286 g/mol. The van der Waals surface area contributed by atoms with Gasteiger partial charge in [-0.25, -0.2) is 4.79 Å². The summed E-state index contributed by atoms with van der Waals surface area (Å²) in [5, 5.41) is 0. The van der Waals surface area contributed by atoms with Crippen LogP contribution >= 0.6 is 0 Å². The number of quaternary nitrogens is 1. The Bertz CT molecular complexity index is 433. The van der Waals surface area contributed by atoms with Gasteiger partial charge in [-0.15, -0.1) is 0 Å². The average molecular weight is 312 g/mol. The van der Waals surface area contributed by atoms with E-state index in [1.807, 2.05) is 31.2 Å². The predicted molar refractivity (Wildman–Crippen MR) is 80.1 cm³/mol. The van der Waals surface area contributed by atoms with Crippen LogP contribution in [-0.2, 0) is 4.74 Å². The maximum atomic E-state index is 11.8. The van der Waals surface area contributed by atoms with Crippen LogP contribution in [0.15, 0.2) is 24.3 Å². The highest BCUT2D eigenvalue weighted by Crippen LogP contribution is 2.05. The summed E-state index contributed by atoms with van der Waals surface area (Å²) in [5.74, 6) is -0.202. The Balaban J connectivity index is 0.00000220. The Labute approximate surface area is 134 Å². The van der Waals surface area contributed by atoms with Crippen LogP contribution in [0, 0.1) is 6.92 Å². The van der Waals surface area contributed by atoms with E-state index < -0.39 is 0 Å². The minimum atomic E-state index is -0.202. The van der Waals surface area contributed by atoms with Gasteiger partial charge < -0.3 is 22.0 Å². The summed E-state index contributed by atoms with van der Waals surface area (Å²) in [4.78, 5) is 13.5. The van der Waals surface area contributed by atoms with E-state index in [9.17, 15) is 4.79 Å². The lowest BCUT2D eigenvalue weighted by molar-refractivity contribution is -0.928. The number of piperidine rings is 1. The van der Waals surface area contributed by atoms with E-state index >= 15 is 0 Å². The summed E-state index contributed by atoms with van der Waals surface area (Å²) < 4.78 is 5.34. The van der Waals surface area contributed by atoms with Gasteiger partial charge in [-0.3, -0.25) is 0 Å². The monoisotopic (exact) mass is 311 g/mol. The molecule has 2 atom stereocenters. The second-order valence-corrected chi connectivity index (χ2v) is 5.91. The fraction of sp³-hybridized carbons (Fsp3) is 0.588. The maximum absolute atomic E-state index is 11.8. The van der Waals surface area contributed by atoms with E-state index in [0.29, 0.717) is 12.2 Å². The second-order valence-electron chi connectivity index (χ2n) is 5.91. The predicted octanol–water partition coefficient (Wildman–Crippen LogP) is -0.997. The first-order valence-corrected chi connectivity index (χ1v) is 7.75. The smallest absolute Gasteiger partial charge is 0.338 e. The number of carbonyl (C=O) groups excluding carboxylic acids is 1. The molecule has 0 amide bonds. The van der Waals surface area contributed by atoms with Crippen molar-refractivity contribution in [2.75, 3.05) is 19.7 Å². The Kier molecular flexibility index (Phi) is 7.76. The van der Waals surface area contributed by atoms with Crippen molar-refractivity contribution in [1.82, 2.24) is 0 Å². The van der Waals surface area contributed by atoms with Gasteiger partial charge in [0.05, 0.1) is 31.3 Å². The third-order valence-corrected chi connectivity index (χ3v) is 4.24. The summed E-state index contributed by atoms with van der Waals surface area (Å²) >= 11 is 0. The number of aryl methyl sites for hydroxylation is 1. The summed E-state index contributed by atoms with van der Waals surface area (Å²) in [7, 11) is 0. The van der Waals surface area contributed by atoms with Gasteiger partial charge in [0, 0.05) is 6.42 Å². The van der Waals surface area contributed by atoms with Gasteiger partial charge in [-0.05, 0) is 45.2 Å². The molecule has 1 aromatic rings. The van der Waals surface area contributed by atoms with Gasteiger partial charge in [0.15, 0.2) is 0 Å². The van der Waals surface area contributed by atoms with Gasteiger partial charge in [-0.2, -0.15) is 0 Å². The standard InChI is InChI=1S/C17H25NO2.ClH/c1-14-7-9-16(10-8-14)17(19)20-13-5-12-18-11-4-3-6-15(18)2;/h7-10,15H,3-6,11-13H2,1-2H3;1H. The minimum absolute atomic E-state index is 0. The molecule has 2 rings (SSSR count). The van der Waals surface area contributed by atoms with Crippen LogP contribution in [0.4, 0.5) is 0 Å². The van der Waals surface area contributed by atoms with Crippen LogP contribution in [-0.4, -0.2) is 31.7 Å². The summed E-state index contributed by atoms with van der Waals surface area (Å²) in [6.45, 7) is 7.25. The van der Waals surface area contributed by atoms with Crippen molar-refractivity contribution in [2.24, 2.45) is 0 Å². The summed E-state index contributed by atoms with van der Waals surface area (Å²) in [6, 6.07) is 8.30. The number of carbonyl (C=O) groups is 1. The molecule has 0 aromatic heterocycles. The molecule has 0 spiro atoms. The van der Waals surface area contributed by atoms with Gasteiger partial charge in [-0.1, -0.05) is 17.7 Å². The number of hydrogen-bond acceptors (Lipinski definition) is 2. The van der Waals surface area contributed by atoms with Crippen LogP contribution in [0.5, 0.6) is 0 Å². The first-order valence-electron chi connectivity index (χ1n) is 7.75. The van der Waals surface area contributed by atoms with Crippen molar-refractivity contribution in [3.8, 4) is 0 Å². The highest BCUT2D eigenvalue weighted by atomic mass is 35.5. The molecule has 0 saturated carbocycles. The van der Waals surface area contributed by atoms with Gasteiger partial charge >= 0.3 is 5.97 Å². The molecule has 118 valence electrons. The molecule has 1 fully saturated rings. The number of hydrogen-bond donors (Lipinski definition) is 1. The molecule has 0 aliphatic carbocycles. The lowest BCUT2D eigenvalue weighted by Crippen LogP contribution is -3.16. The van der Waals surface area contributed by atoms with E-state index in [2.05, 4.69) is 6.92 Å². The van der Waals surface area contributed by atoms with E-state index in [1.165, 1.54) is 25.8 Å². The van der Waals surface area contributed by atoms with Gasteiger partial charge in [0.2, 0.25) is 0 Å². The molecule has 0 radical (unpaired) electrons. The van der Waals surface area contributed by atoms with E-state index in [4.69, 9.17) is 4.74 Å². The Morgan fingerprint density at radius 1 is 1.29 bits per heavy atom. The molecule has 1 heterocycles.